The molecule has 0 bridgehead atoms. The van der Waals surface area contributed by atoms with Gasteiger partial charge in [0.1, 0.15) is 19.0 Å². The van der Waals surface area contributed by atoms with E-state index in [0.29, 0.717) is 19.1 Å². The third kappa shape index (κ3) is 5.05. The zero-order valence-corrected chi connectivity index (χ0v) is 18.9. The second kappa shape index (κ2) is 10.1. The van der Waals surface area contributed by atoms with Gasteiger partial charge >= 0.3 is 0 Å². The molecule has 0 saturated carbocycles. The predicted molar refractivity (Wildman–Crippen MR) is 120 cm³/mol. The number of pyridine rings is 1. The number of rotatable bonds is 10. The van der Waals surface area contributed by atoms with Gasteiger partial charge in [0, 0.05) is 37.4 Å². The number of ether oxygens (including phenoxy) is 3. The van der Waals surface area contributed by atoms with Crippen LogP contribution in [-0.4, -0.2) is 56.5 Å². The molecule has 0 saturated heterocycles. The second-order valence-corrected chi connectivity index (χ2v) is 8.15. The van der Waals surface area contributed by atoms with Gasteiger partial charge in [-0.1, -0.05) is 13.3 Å². The van der Waals surface area contributed by atoms with Crippen LogP contribution < -0.4 is 14.9 Å². The van der Waals surface area contributed by atoms with Crippen molar-refractivity contribution >= 4 is 0 Å². The molecule has 0 N–H and O–H groups in total. The first kappa shape index (κ1) is 22.4. The second-order valence-electron chi connectivity index (χ2n) is 8.15. The fraction of sp³-hybridized carbons (Fsp3) is 0.542. The van der Waals surface area contributed by atoms with Crippen molar-refractivity contribution in [2.24, 2.45) is 0 Å². The van der Waals surface area contributed by atoms with E-state index in [4.69, 9.17) is 14.2 Å². The van der Waals surface area contributed by atoms with E-state index in [2.05, 4.69) is 28.5 Å². The van der Waals surface area contributed by atoms with Crippen LogP contribution >= 0.6 is 0 Å². The molecule has 164 valence electrons. The highest BCUT2D eigenvalue weighted by Gasteiger charge is 2.23. The van der Waals surface area contributed by atoms with Crippen LogP contribution in [0, 0.1) is 6.92 Å². The van der Waals surface area contributed by atoms with Crippen molar-refractivity contribution < 1.29 is 14.2 Å². The highest BCUT2D eigenvalue weighted by molar-refractivity contribution is 5.70. The number of aromatic nitrogens is 1. The normalized spacial score (nSPS) is 13.7. The lowest BCUT2D eigenvalue weighted by Gasteiger charge is -2.27. The van der Waals surface area contributed by atoms with Crippen molar-refractivity contribution in [3.63, 3.8) is 0 Å². The number of hydrogen-bond acceptors (Lipinski definition) is 5. The SMILES string of the molecule is CCCC(COc1cc(=O)c(C)c2n1CCc1cc(OCCN(C)C)ccc1-2)OC. The Morgan fingerprint density at radius 1 is 1.20 bits per heavy atom. The molecule has 0 radical (unpaired) electrons. The van der Waals surface area contributed by atoms with Crippen LogP contribution in [0.3, 0.4) is 0 Å². The third-order valence-corrected chi connectivity index (χ3v) is 5.62. The Labute approximate surface area is 179 Å². The molecule has 1 aromatic heterocycles. The summed E-state index contributed by atoms with van der Waals surface area (Å²) >= 11 is 0. The zero-order chi connectivity index (χ0) is 21.7. The number of benzene rings is 1. The number of aryl methyl sites for hydroxylation is 1. The van der Waals surface area contributed by atoms with Crippen LogP contribution in [0.4, 0.5) is 0 Å². The first-order valence-electron chi connectivity index (χ1n) is 10.8. The van der Waals surface area contributed by atoms with Crippen LogP contribution in [0.15, 0.2) is 29.1 Å². The summed E-state index contributed by atoms with van der Waals surface area (Å²) in [5, 5.41) is 0. The summed E-state index contributed by atoms with van der Waals surface area (Å²) in [6.45, 7) is 6.75. The van der Waals surface area contributed by atoms with Crippen LogP contribution in [0.5, 0.6) is 11.6 Å². The summed E-state index contributed by atoms with van der Waals surface area (Å²) in [5.74, 6) is 1.50. The summed E-state index contributed by atoms with van der Waals surface area (Å²) < 4.78 is 19.6. The van der Waals surface area contributed by atoms with Crippen molar-refractivity contribution in [1.29, 1.82) is 0 Å². The predicted octanol–water partition coefficient (Wildman–Crippen LogP) is 3.51. The lowest BCUT2D eigenvalue weighted by molar-refractivity contribution is 0.0484. The molecule has 1 aliphatic heterocycles. The van der Waals surface area contributed by atoms with Gasteiger partial charge in [0.05, 0.1) is 11.8 Å². The van der Waals surface area contributed by atoms with Crippen molar-refractivity contribution in [1.82, 2.24) is 9.47 Å². The summed E-state index contributed by atoms with van der Waals surface area (Å²) in [7, 11) is 5.77. The molecule has 0 aliphatic carbocycles. The minimum atomic E-state index is -0.000122. The van der Waals surface area contributed by atoms with E-state index in [1.807, 2.05) is 27.1 Å². The molecular formula is C24H34N2O4. The average Bonchev–Trinajstić information content (AvgIpc) is 2.73. The summed E-state index contributed by atoms with van der Waals surface area (Å²) in [5.41, 5.74) is 3.99. The average molecular weight is 415 g/mol. The fourth-order valence-electron chi connectivity index (χ4n) is 3.86. The largest absolute Gasteiger partial charge is 0.492 e. The van der Waals surface area contributed by atoms with Gasteiger partial charge in [0.15, 0.2) is 11.3 Å². The van der Waals surface area contributed by atoms with Gasteiger partial charge in [-0.3, -0.25) is 4.79 Å². The number of hydrogen-bond donors (Lipinski definition) is 0. The Morgan fingerprint density at radius 3 is 2.70 bits per heavy atom. The van der Waals surface area contributed by atoms with E-state index in [1.54, 1.807) is 13.2 Å². The molecule has 3 rings (SSSR count). The third-order valence-electron chi connectivity index (χ3n) is 5.62. The maximum absolute atomic E-state index is 12.7. The monoisotopic (exact) mass is 414 g/mol. The molecule has 1 unspecified atom stereocenters. The van der Waals surface area contributed by atoms with Gasteiger partial charge < -0.3 is 23.7 Å². The van der Waals surface area contributed by atoms with E-state index in [9.17, 15) is 4.79 Å². The summed E-state index contributed by atoms with van der Waals surface area (Å²) in [6, 6.07) is 7.77. The van der Waals surface area contributed by atoms with Gasteiger partial charge in [-0.25, -0.2) is 0 Å². The van der Waals surface area contributed by atoms with E-state index in [1.165, 1.54) is 5.56 Å². The van der Waals surface area contributed by atoms with Gasteiger partial charge in [-0.15, -0.1) is 0 Å². The molecule has 0 fully saturated rings. The molecule has 1 aliphatic rings. The van der Waals surface area contributed by atoms with Crippen molar-refractivity contribution in [3.8, 4) is 22.9 Å². The standard InChI is InChI=1S/C24H34N2O4/c1-6-7-20(28-5)16-30-23-15-22(27)17(2)24-21-9-8-19(29-13-12-25(3)4)14-18(21)10-11-26(23)24/h8-9,14-15,20H,6-7,10-13,16H2,1-5H3. The van der Waals surface area contributed by atoms with Gasteiger partial charge in [-0.2, -0.15) is 0 Å². The van der Waals surface area contributed by atoms with E-state index in [0.717, 1.165) is 54.9 Å². The summed E-state index contributed by atoms with van der Waals surface area (Å²) in [6.07, 6.45) is 2.86. The lowest BCUT2D eigenvalue weighted by atomic mass is 9.94. The molecule has 30 heavy (non-hydrogen) atoms. The molecule has 2 aromatic rings. The molecular weight excluding hydrogens is 380 g/mol. The number of fused-ring (bicyclic) bond motifs is 3. The van der Waals surface area contributed by atoms with Crippen LogP contribution in [0.25, 0.3) is 11.3 Å². The highest BCUT2D eigenvalue weighted by atomic mass is 16.5. The van der Waals surface area contributed by atoms with E-state index < -0.39 is 0 Å². The zero-order valence-electron chi connectivity index (χ0n) is 18.9. The maximum atomic E-state index is 12.7. The topological polar surface area (TPSA) is 52.9 Å². The van der Waals surface area contributed by atoms with Crippen LogP contribution in [0.2, 0.25) is 0 Å². The molecule has 6 heteroatoms. The minimum absolute atomic E-state index is 0.000122. The molecule has 0 spiro atoms. The smallest absolute Gasteiger partial charge is 0.197 e. The molecule has 0 amide bonds. The lowest BCUT2D eigenvalue weighted by Crippen LogP contribution is -2.25. The number of nitrogens with zero attached hydrogens (tertiary/aromatic N) is 2. The van der Waals surface area contributed by atoms with Gasteiger partial charge in [0.2, 0.25) is 0 Å². The fourth-order valence-corrected chi connectivity index (χ4v) is 3.86. The molecule has 2 heterocycles. The minimum Gasteiger partial charge on any atom is -0.492 e. The quantitative estimate of drug-likeness (QED) is 0.595. The summed E-state index contributed by atoms with van der Waals surface area (Å²) in [4.78, 5) is 14.8. The molecule has 1 atom stereocenters. The Hall–Kier alpha value is -2.31. The van der Waals surface area contributed by atoms with E-state index in [-0.39, 0.29) is 11.5 Å². The van der Waals surface area contributed by atoms with Crippen molar-refractivity contribution in [2.45, 2.75) is 45.8 Å². The first-order valence-corrected chi connectivity index (χ1v) is 10.8. The Kier molecular flexibility index (Phi) is 7.56. The Balaban J connectivity index is 1.88. The number of likely N-dealkylation sites (N-methyl/N-ethyl adjacent to an activating group) is 1. The Morgan fingerprint density at radius 2 is 2.00 bits per heavy atom. The van der Waals surface area contributed by atoms with E-state index >= 15 is 0 Å². The highest BCUT2D eigenvalue weighted by Crippen LogP contribution is 2.35. The van der Waals surface area contributed by atoms with Crippen LogP contribution in [0.1, 0.15) is 30.9 Å². The van der Waals surface area contributed by atoms with Crippen molar-refractivity contribution in [2.75, 3.05) is 41.0 Å². The molecule has 6 nitrogen and oxygen atoms in total. The molecule has 1 aromatic carbocycles. The first-order chi connectivity index (χ1) is 14.4. The number of methoxy groups -OCH3 is 1. The Bertz CT molecular complexity index is 920. The maximum Gasteiger partial charge on any atom is 0.197 e. The van der Waals surface area contributed by atoms with Crippen molar-refractivity contribution in [3.05, 3.63) is 45.6 Å². The van der Waals surface area contributed by atoms with Gasteiger partial charge in [-0.05, 0) is 57.6 Å². The van der Waals surface area contributed by atoms with Gasteiger partial charge in [0.25, 0.3) is 0 Å². The van der Waals surface area contributed by atoms with Crippen LogP contribution in [-0.2, 0) is 17.7 Å².